The number of rotatable bonds is 2. The van der Waals surface area contributed by atoms with Crippen LogP contribution in [0.1, 0.15) is 21.7 Å². The van der Waals surface area contributed by atoms with Crippen molar-refractivity contribution >= 4 is 5.91 Å². The summed E-state index contributed by atoms with van der Waals surface area (Å²) in [5.74, 6) is 0.0496. The van der Waals surface area contributed by atoms with Crippen molar-refractivity contribution in [2.24, 2.45) is 5.73 Å². The van der Waals surface area contributed by atoms with E-state index in [1.807, 2.05) is 30.9 Å². The minimum absolute atomic E-state index is 0.0496. The quantitative estimate of drug-likeness (QED) is 0.838. The van der Waals surface area contributed by atoms with Crippen molar-refractivity contribution in [2.45, 2.75) is 19.9 Å². The lowest BCUT2D eigenvalue weighted by Gasteiger charge is -2.39. The van der Waals surface area contributed by atoms with Gasteiger partial charge in [-0.2, -0.15) is 0 Å². The summed E-state index contributed by atoms with van der Waals surface area (Å²) in [5.41, 5.74) is 8.21. The smallest absolute Gasteiger partial charge is 0.256 e. The van der Waals surface area contributed by atoms with Gasteiger partial charge in [-0.3, -0.25) is 9.78 Å². The maximum absolute atomic E-state index is 12.6. The fourth-order valence-corrected chi connectivity index (χ4v) is 2.55. The van der Waals surface area contributed by atoms with Crippen LogP contribution in [0.3, 0.4) is 0 Å². The fraction of sp³-hybridized carbons (Fsp3) is 0.571. The first-order chi connectivity index (χ1) is 9.02. The van der Waals surface area contributed by atoms with E-state index in [1.165, 1.54) is 0 Å². The van der Waals surface area contributed by atoms with E-state index < -0.39 is 0 Å². The van der Waals surface area contributed by atoms with E-state index >= 15 is 0 Å². The monoisotopic (exact) mass is 262 g/mol. The summed E-state index contributed by atoms with van der Waals surface area (Å²) in [4.78, 5) is 21.1. The van der Waals surface area contributed by atoms with Crippen LogP contribution >= 0.6 is 0 Å². The molecule has 1 fully saturated rings. The van der Waals surface area contributed by atoms with Crippen LogP contribution in [0, 0.1) is 13.8 Å². The number of carbonyl (C=O) groups is 1. The summed E-state index contributed by atoms with van der Waals surface area (Å²) in [6.07, 6.45) is 0. The Morgan fingerprint density at radius 1 is 1.42 bits per heavy atom. The van der Waals surface area contributed by atoms with E-state index in [-0.39, 0.29) is 11.9 Å². The van der Waals surface area contributed by atoms with Crippen molar-refractivity contribution in [2.75, 3.05) is 33.2 Å². The summed E-state index contributed by atoms with van der Waals surface area (Å²) in [6.45, 7) is 6.76. The van der Waals surface area contributed by atoms with Gasteiger partial charge < -0.3 is 15.5 Å². The maximum Gasteiger partial charge on any atom is 0.256 e. The number of pyridine rings is 1. The van der Waals surface area contributed by atoms with Crippen molar-refractivity contribution in [3.8, 4) is 0 Å². The molecule has 5 nitrogen and oxygen atoms in total. The van der Waals surface area contributed by atoms with Gasteiger partial charge in [-0.15, -0.1) is 0 Å². The molecule has 1 atom stereocenters. The number of nitrogens with zero attached hydrogens (tertiary/aromatic N) is 3. The Bertz CT molecular complexity index is 475. The van der Waals surface area contributed by atoms with Gasteiger partial charge in [0, 0.05) is 31.9 Å². The van der Waals surface area contributed by atoms with Crippen LogP contribution < -0.4 is 5.73 Å². The summed E-state index contributed by atoms with van der Waals surface area (Å²) >= 11 is 0. The van der Waals surface area contributed by atoms with Gasteiger partial charge in [-0.05, 0) is 33.0 Å². The zero-order valence-electron chi connectivity index (χ0n) is 11.9. The standard InChI is InChI=1S/C14H22N4O/c1-10-4-5-13(11(2)16-10)14(19)18-7-6-17(3)9-12(18)8-15/h4-5,12H,6-9,15H2,1-3H3. The number of aromatic nitrogens is 1. The summed E-state index contributed by atoms with van der Waals surface area (Å²) in [7, 11) is 2.06. The minimum Gasteiger partial charge on any atom is -0.332 e. The second-order valence-corrected chi connectivity index (χ2v) is 5.24. The van der Waals surface area contributed by atoms with Gasteiger partial charge in [0.25, 0.3) is 5.91 Å². The Labute approximate surface area is 114 Å². The summed E-state index contributed by atoms with van der Waals surface area (Å²) in [5, 5.41) is 0. The lowest BCUT2D eigenvalue weighted by molar-refractivity contribution is 0.0515. The van der Waals surface area contributed by atoms with Crippen LogP contribution in [0.2, 0.25) is 0 Å². The van der Waals surface area contributed by atoms with E-state index in [0.29, 0.717) is 12.1 Å². The molecule has 0 aromatic carbocycles. The second kappa shape index (κ2) is 5.67. The fourth-order valence-electron chi connectivity index (χ4n) is 2.55. The maximum atomic E-state index is 12.6. The van der Waals surface area contributed by atoms with E-state index in [2.05, 4.69) is 16.9 Å². The molecule has 0 saturated carbocycles. The molecule has 1 amide bonds. The van der Waals surface area contributed by atoms with Gasteiger partial charge in [0.2, 0.25) is 0 Å². The number of hydrogen-bond acceptors (Lipinski definition) is 4. The molecule has 1 aliphatic rings. The van der Waals surface area contributed by atoms with Crippen LogP contribution in [-0.4, -0.2) is 60.0 Å². The normalized spacial score (nSPS) is 20.6. The molecule has 2 heterocycles. The van der Waals surface area contributed by atoms with Gasteiger partial charge >= 0.3 is 0 Å². The van der Waals surface area contributed by atoms with Crippen molar-refractivity contribution in [1.29, 1.82) is 0 Å². The minimum atomic E-state index is 0.0496. The Balaban J connectivity index is 2.22. The highest BCUT2D eigenvalue weighted by atomic mass is 16.2. The number of aryl methyl sites for hydroxylation is 2. The molecule has 0 spiro atoms. The zero-order valence-corrected chi connectivity index (χ0v) is 11.9. The average molecular weight is 262 g/mol. The van der Waals surface area contributed by atoms with Crippen LogP contribution in [0.5, 0.6) is 0 Å². The van der Waals surface area contributed by atoms with Gasteiger partial charge in [0.1, 0.15) is 0 Å². The molecule has 0 aliphatic carbocycles. The summed E-state index contributed by atoms with van der Waals surface area (Å²) < 4.78 is 0. The Morgan fingerprint density at radius 3 is 2.79 bits per heavy atom. The Kier molecular flexibility index (Phi) is 4.17. The average Bonchev–Trinajstić information content (AvgIpc) is 2.37. The summed E-state index contributed by atoms with van der Waals surface area (Å²) in [6, 6.07) is 3.84. The van der Waals surface area contributed by atoms with Crippen LogP contribution in [0.4, 0.5) is 0 Å². The van der Waals surface area contributed by atoms with Gasteiger partial charge in [-0.25, -0.2) is 0 Å². The number of amides is 1. The van der Waals surface area contributed by atoms with E-state index in [1.54, 1.807) is 0 Å². The SMILES string of the molecule is Cc1ccc(C(=O)N2CCN(C)CC2CN)c(C)n1. The van der Waals surface area contributed by atoms with Gasteiger partial charge in [-0.1, -0.05) is 0 Å². The van der Waals surface area contributed by atoms with Crippen molar-refractivity contribution in [3.63, 3.8) is 0 Å². The Morgan fingerprint density at radius 2 is 2.16 bits per heavy atom. The first kappa shape index (κ1) is 14.0. The highest BCUT2D eigenvalue weighted by molar-refractivity contribution is 5.95. The zero-order chi connectivity index (χ0) is 14.0. The predicted molar refractivity (Wildman–Crippen MR) is 75.1 cm³/mol. The van der Waals surface area contributed by atoms with E-state index in [9.17, 15) is 4.79 Å². The highest BCUT2D eigenvalue weighted by Gasteiger charge is 2.29. The van der Waals surface area contributed by atoms with Crippen molar-refractivity contribution in [3.05, 3.63) is 29.1 Å². The molecule has 1 unspecified atom stereocenters. The molecule has 104 valence electrons. The first-order valence-electron chi connectivity index (χ1n) is 6.66. The number of hydrogen-bond donors (Lipinski definition) is 1. The molecule has 2 N–H and O–H groups in total. The Hall–Kier alpha value is -1.46. The highest BCUT2D eigenvalue weighted by Crippen LogP contribution is 2.15. The second-order valence-electron chi connectivity index (χ2n) is 5.24. The van der Waals surface area contributed by atoms with E-state index in [4.69, 9.17) is 5.73 Å². The molecule has 1 aliphatic heterocycles. The number of carbonyl (C=O) groups excluding carboxylic acids is 1. The molecule has 19 heavy (non-hydrogen) atoms. The molecule has 1 aromatic heterocycles. The number of likely N-dealkylation sites (N-methyl/N-ethyl adjacent to an activating group) is 1. The molecular weight excluding hydrogens is 240 g/mol. The van der Waals surface area contributed by atoms with Crippen molar-refractivity contribution in [1.82, 2.24) is 14.8 Å². The van der Waals surface area contributed by atoms with Crippen molar-refractivity contribution < 1.29 is 4.79 Å². The molecule has 2 rings (SSSR count). The molecular formula is C14H22N4O. The largest absolute Gasteiger partial charge is 0.332 e. The van der Waals surface area contributed by atoms with Crippen LogP contribution in [0.25, 0.3) is 0 Å². The molecule has 0 radical (unpaired) electrons. The number of piperazine rings is 1. The number of nitrogens with two attached hydrogens (primary N) is 1. The van der Waals surface area contributed by atoms with Gasteiger partial charge in [0.05, 0.1) is 17.3 Å². The van der Waals surface area contributed by atoms with Crippen LogP contribution in [0.15, 0.2) is 12.1 Å². The van der Waals surface area contributed by atoms with Gasteiger partial charge in [0.15, 0.2) is 0 Å². The molecule has 1 saturated heterocycles. The third kappa shape index (κ3) is 2.93. The molecule has 0 bridgehead atoms. The third-order valence-electron chi connectivity index (χ3n) is 3.67. The molecule has 1 aromatic rings. The lowest BCUT2D eigenvalue weighted by atomic mass is 10.1. The van der Waals surface area contributed by atoms with E-state index in [0.717, 1.165) is 31.0 Å². The van der Waals surface area contributed by atoms with Crippen LogP contribution in [-0.2, 0) is 0 Å². The third-order valence-corrected chi connectivity index (χ3v) is 3.67. The first-order valence-corrected chi connectivity index (χ1v) is 6.66. The predicted octanol–water partition coefficient (Wildman–Crippen LogP) is 0.413. The topological polar surface area (TPSA) is 62.5 Å². The molecule has 5 heteroatoms. The lowest BCUT2D eigenvalue weighted by Crippen LogP contribution is -2.56.